The van der Waals surface area contributed by atoms with E-state index in [1.54, 1.807) is 32.0 Å². The van der Waals surface area contributed by atoms with E-state index in [0.717, 1.165) is 0 Å². The summed E-state index contributed by atoms with van der Waals surface area (Å²) in [6, 6.07) is 0.406. The second-order valence-corrected chi connectivity index (χ2v) is 14.3. The average Bonchev–Trinajstić information content (AvgIpc) is 3.30. The van der Waals surface area contributed by atoms with Gasteiger partial charge in [0, 0.05) is 19.3 Å². The van der Waals surface area contributed by atoms with E-state index in [2.05, 4.69) is 32.8 Å². The van der Waals surface area contributed by atoms with E-state index >= 15 is 0 Å². The topological polar surface area (TPSA) is 167 Å². The van der Waals surface area contributed by atoms with Crippen LogP contribution < -0.4 is 21.3 Å². The summed E-state index contributed by atoms with van der Waals surface area (Å²) in [7, 11) is 0. The van der Waals surface area contributed by atoms with Crippen LogP contribution in [-0.4, -0.2) is 82.5 Å². The summed E-state index contributed by atoms with van der Waals surface area (Å²) in [5, 5.41) is 10.8. The van der Waals surface area contributed by atoms with Crippen molar-refractivity contribution in [3.05, 3.63) is 42.7 Å². The molecule has 0 spiro atoms. The Balaban J connectivity index is 1.82. The van der Waals surface area contributed by atoms with Crippen LogP contribution in [0.4, 0.5) is 4.79 Å². The Morgan fingerprint density at radius 1 is 1.09 bits per heavy atom. The molecule has 1 aromatic heterocycles. The molecule has 2 fully saturated rings. The predicted octanol–water partition coefficient (Wildman–Crippen LogP) is 2.64. The number of rotatable bonds is 14. The van der Waals surface area contributed by atoms with Crippen molar-refractivity contribution in [2.45, 2.75) is 92.4 Å². The number of carbonyl (C=O) groups is 6. The van der Waals surface area contributed by atoms with Crippen LogP contribution in [0.25, 0.3) is 0 Å². The van der Waals surface area contributed by atoms with Gasteiger partial charge in [0.15, 0.2) is 0 Å². The minimum atomic E-state index is -1.05. The molecule has 2 aliphatic rings. The van der Waals surface area contributed by atoms with Crippen LogP contribution in [0.1, 0.15) is 78.7 Å². The maximum Gasteiger partial charge on any atom is 0.316 e. The van der Waals surface area contributed by atoms with E-state index in [-0.39, 0.29) is 47.6 Å². The van der Waals surface area contributed by atoms with E-state index in [0.29, 0.717) is 13.0 Å². The zero-order valence-electron chi connectivity index (χ0n) is 28.3. The Hall–Kier alpha value is -4.09. The fraction of sp³-hybridized carbons (Fsp3) is 0.618. The van der Waals surface area contributed by atoms with Crippen molar-refractivity contribution in [1.29, 1.82) is 0 Å². The monoisotopic (exact) mass is 638 g/mol. The highest BCUT2D eigenvalue weighted by molar-refractivity contribution is 6.38. The summed E-state index contributed by atoms with van der Waals surface area (Å²) in [5.41, 5.74) is -0.751. The smallest absolute Gasteiger partial charge is 0.316 e. The number of ketones is 2. The van der Waals surface area contributed by atoms with Gasteiger partial charge in [-0.15, -0.1) is 6.58 Å². The van der Waals surface area contributed by atoms with Crippen LogP contribution in [0, 0.1) is 28.6 Å². The van der Waals surface area contributed by atoms with Crippen LogP contribution in [-0.2, 0) is 19.2 Å². The Bertz CT molecular complexity index is 1340. The zero-order chi connectivity index (χ0) is 34.6. The molecule has 0 bridgehead atoms. The molecule has 46 heavy (non-hydrogen) atoms. The molecule has 1 aliphatic carbocycles. The minimum Gasteiger partial charge on any atom is -0.346 e. The quantitative estimate of drug-likeness (QED) is 0.138. The second-order valence-electron chi connectivity index (χ2n) is 14.3. The number of hydrogen-bond donors (Lipinski definition) is 4. The largest absolute Gasteiger partial charge is 0.346 e. The lowest BCUT2D eigenvalue weighted by atomic mass is 9.85. The van der Waals surface area contributed by atoms with E-state index in [1.807, 2.05) is 41.5 Å². The molecule has 0 aromatic carbocycles. The average molecular weight is 639 g/mol. The van der Waals surface area contributed by atoms with E-state index < -0.39 is 59.1 Å². The maximum atomic E-state index is 14.3. The second kappa shape index (κ2) is 14.6. The molecule has 5 amide bonds. The normalized spacial score (nSPS) is 21.7. The molecule has 12 nitrogen and oxygen atoms in total. The van der Waals surface area contributed by atoms with Gasteiger partial charge in [0.1, 0.15) is 17.8 Å². The third kappa shape index (κ3) is 8.00. The zero-order valence-corrected chi connectivity index (χ0v) is 28.3. The van der Waals surface area contributed by atoms with Crippen LogP contribution in [0.5, 0.6) is 0 Å². The number of urea groups is 1. The van der Waals surface area contributed by atoms with Gasteiger partial charge < -0.3 is 26.2 Å². The van der Waals surface area contributed by atoms with Crippen LogP contribution in [0.3, 0.4) is 0 Å². The highest BCUT2D eigenvalue weighted by Crippen LogP contribution is 2.65. The summed E-state index contributed by atoms with van der Waals surface area (Å²) < 4.78 is 0. The lowest BCUT2D eigenvalue weighted by Crippen LogP contribution is -2.62. The Labute approximate surface area is 271 Å². The molecule has 252 valence electrons. The molecule has 1 aromatic rings. The summed E-state index contributed by atoms with van der Waals surface area (Å²) >= 11 is 0. The van der Waals surface area contributed by atoms with Gasteiger partial charge >= 0.3 is 6.03 Å². The summed E-state index contributed by atoms with van der Waals surface area (Å²) in [6.07, 6.45) is 3.76. The fourth-order valence-electron chi connectivity index (χ4n) is 6.37. The van der Waals surface area contributed by atoms with Crippen molar-refractivity contribution in [3.63, 3.8) is 0 Å². The maximum absolute atomic E-state index is 14.3. The molecule has 6 atom stereocenters. The third-order valence-electron chi connectivity index (χ3n) is 9.14. The fourth-order valence-corrected chi connectivity index (χ4v) is 6.37. The molecular weight excluding hydrogens is 588 g/mol. The number of nitrogens with one attached hydrogen (secondary N) is 4. The molecule has 1 unspecified atom stereocenters. The van der Waals surface area contributed by atoms with Crippen LogP contribution in [0.2, 0.25) is 0 Å². The highest BCUT2D eigenvalue weighted by Gasteiger charge is 2.70. The number of piperidine rings is 1. The van der Waals surface area contributed by atoms with Gasteiger partial charge in [-0.3, -0.25) is 29.0 Å². The van der Waals surface area contributed by atoms with Gasteiger partial charge in [-0.1, -0.05) is 74.0 Å². The van der Waals surface area contributed by atoms with Crippen molar-refractivity contribution in [2.24, 2.45) is 28.6 Å². The number of carbonyl (C=O) groups excluding carboxylic acids is 6. The molecule has 1 aliphatic heterocycles. The highest BCUT2D eigenvalue weighted by atomic mass is 16.2. The molecule has 0 radical (unpaired) electrons. The SMILES string of the molecule is C=CCNC(=O)C(=O)C(CCC)NC(=O)[C@@H]1[C@@H]2[C@H](CN1C(=O)[C@@H](NC(=O)N[C@H](C(=O)c1ccccn1)C(C)C)C(C)(C)C)C2(C)C. The first-order valence-corrected chi connectivity index (χ1v) is 16.0. The first-order valence-electron chi connectivity index (χ1n) is 16.0. The molecular formula is C34H50N6O6. The molecule has 1 saturated carbocycles. The number of Topliss-reactive ketones (excluding diaryl/α,β-unsaturated/α-hetero) is 2. The van der Waals surface area contributed by atoms with Crippen molar-refractivity contribution < 1.29 is 28.8 Å². The van der Waals surface area contributed by atoms with Gasteiger partial charge in [-0.05, 0) is 47.1 Å². The van der Waals surface area contributed by atoms with E-state index in [9.17, 15) is 28.8 Å². The Kier molecular flexibility index (Phi) is 11.5. The number of aromatic nitrogens is 1. The lowest BCUT2D eigenvalue weighted by Gasteiger charge is -2.38. The van der Waals surface area contributed by atoms with Crippen LogP contribution in [0.15, 0.2) is 37.1 Å². The van der Waals surface area contributed by atoms with Crippen molar-refractivity contribution >= 4 is 35.3 Å². The van der Waals surface area contributed by atoms with Crippen LogP contribution >= 0.6 is 0 Å². The number of hydrogen-bond acceptors (Lipinski definition) is 7. The van der Waals surface area contributed by atoms with Crippen molar-refractivity contribution in [1.82, 2.24) is 31.2 Å². The number of fused-ring (bicyclic) bond motifs is 1. The first-order chi connectivity index (χ1) is 21.5. The lowest BCUT2D eigenvalue weighted by molar-refractivity contribution is -0.145. The molecule has 2 heterocycles. The van der Waals surface area contributed by atoms with Gasteiger partial charge in [-0.25, -0.2) is 4.79 Å². The van der Waals surface area contributed by atoms with Gasteiger partial charge in [-0.2, -0.15) is 0 Å². The molecule has 4 N–H and O–H groups in total. The van der Waals surface area contributed by atoms with E-state index in [1.165, 1.54) is 17.2 Å². The Morgan fingerprint density at radius 2 is 1.76 bits per heavy atom. The van der Waals surface area contributed by atoms with Crippen molar-refractivity contribution in [2.75, 3.05) is 13.1 Å². The summed E-state index contributed by atoms with van der Waals surface area (Å²) in [5.74, 6) is -3.23. The third-order valence-corrected chi connectivity index (χ3v) is 9.14. The predicted molar refractivity (Wildman–Crippen MR) is 173 cm³/mol. The number of pyridine rings is 1. The summed E-state index contributed by atoms with van der Waals surface area (Å²) in [4.78, 5) is 85.6. The van der Waals surface area contributed by atoms with E-state index in [4.69, 9.17) is 0 Å². The van der Waals surface area contributed by atoms with Gasteiger partial charge in [0.2, 0.25) is 23.4 Å². The Morgan fingerprint density at radius 3 is 2.30 bits per heavy atom. The molecule has 1 saturated heterocycles. The summed E-state index contributed by atoms with van der Waals surface area (Å²) in [6.45, 7) is 18.9. The standard InChI is InChI=1S/C34H50N6O6/c1-10-14-22(27(42)30(44)36-16-11-2)37-29(43)25-23-20(34(23,8)9)18-40(25)31(45)28(33(5,6)7)39-32(46)38-24(19(3)4)26(41)21-15-12-13-17-35-21/h11-13,15,17,19-20,22-25,28H,2,10,14,16,18H2,1,3-9H3,(H,36,44)(H,37,43)(H2,38,39,46)/t20-,22?,23-,24-,25-,28+/m0/s1. The number of amides is 5. The minimum absolute atomic E-state index is 0.0548. The van der Waals surface area contributed by atoms with Crippen molar-refractivity contribution in [3.8, 4) is 0 Å². The molecule has 12 heteroatoms. The van der Waals surface area contributed by atoms with Gasteiger partial charge in [0.25, 0.3) is 5.91 Å². The van der Waals surface area contributed by atoms with Gasteiger partial charge in [0.05, 0.1) is 12.1 Å². The molecule has 3 rings (SSSR count). The first kappa shape index (κ1) is 36.4. The number of likely N-dealkylation sites (tertiary alicyclic amines) is 1. The number of nitrogens with zero attached hydrogens (tertiary/aromatic N) is 2.